The SMILES string of the molecule is COc1cnccc1C(=O)Nc1ccc(F)cc1Br. The lowest BCUT2D eigenvalue weighted by Gasteiger charge is -2.09. The molecule has 1 N–H and O–H groups in total. The predicted octanol–water partition coefficient (Wildman–Crippen LogP) is 3.24. The highest BCUT2D eigenvalue weighted by molar-refractivity contribution is 9.10. The zero-order valence-electron chi connectivity index (χ0n) is 9.98. The van der Waals surface area contributed by atoms with E-state index in [1.165, 1.54) is 37.7 Å². The Labute approximate surface area is 117 Å². The molecule has 4 nitrogen and oxygen atoms in total. The van der Waals surface area contributed by atoms with Crippen LogP contribution in [0.4, 0.5) is 10.1 Å². The first-order chi connectivity index (χ1) is 9.11. The average Bonchev–Trinajstić information content (AvgIpc) is 2.41. The lowest BCUT2D eigenvalue weighted by atomic mass is 10.2. The summed E-state index contributed by atoms with van der Waals surface area (Å²) in [4.78, 5) is 16.0. The molecule has 1 heterocycles. The summed E-state index contributed by atoms with van der Waals surface area (Å²) in [7, 11) is 1.46. The first-order valence-electron chi connectivity index (χ1n) is 5.36. The molecule has 0 bridgehead atoms. The van der Waals surface area contributed by atoms with Gasteiger partial charge in [-0.1, -0.05) is 0 Å². The third-order valence-electron chi connectivity index (χ3n) is 2.43. The van der Waals surface area contributed by atoms with Crippen molar-refractivity contribution in [2.75, 3.05) is 12.4 Å². The van der Waals surface area contributed by atoms with Gasteiger partial charge in [0.2, 0.25) is 0 Å². The van der Waals surface area contributed by atoms with E-state index in [2.05, 4.69) is 26.2 Å². The van der Waals surface area contributed by atoms with Crippen molar-refractivity contribution in [1.82, 2.24) is 4.98 Å². The summed E-state index contributed by atoms with van der Waals surface area (Å²) in [5.41, 5.74) is 0.832. The number of carbonyl (C=O) groups is 1. The number of rotatable bonds is 3. The molecule has 0 fully saturated rings. The molecule has 0 radical (unpaired) electrons. The van der Waals surface area contributed by atoms with E-state index in [-0.39, 0.29) is 11.7 Å². The molecule has 0 aliphatic rings. The molecule has 1 amide bonds. The Morgan fingerprint density at radius 1 is 1.42 bits per heavy atom. The van der Waals surface area contributed by atoms with Crippen molar-refractivity contribution in [3.63, 3.8) is 0 Å². The first-order valence-corrected chi connectivity index (χ1v) is 6.15. The lowest BCUT2D eigenvalue weighted by Crippen LogP contribution is -2.13. The molecular weight excluding hydrogens is 315 g/mol. The van der Waals surface area contributed by atoms with Crippen molar-refractivity contribution in [2.24, 2.45) is 0 Å². The van der Waals surface area contributed by atoms with Gasteiger partial charge in [-0.2, -0.15) is 0 Å². The van der Waals surface area contributed by atoms with Crippen LogP contribution in [0.3, 0.4) is 0 Å². The monoisotopic (exact) mass is 324 g/mol. The number of hydrogen-bond acceptors (Lipinski definition) is 3. The Hall–Kier alpha value is -1.95. The van der Waals surface area contributed by atoms with Crippen molar-refractivity contribution in [3.05, 3.63) is 52.5 Å². The van der Waals surface area contributed by atoms with Gasteiger partial charge < -0.3 is 10.1 Å². The van der Waals surface area contributed by atoms with Crippen LogP contribution < -0.4 is 10.1 Å². The van der Waals surface area contributed by atoms with E-state index in [4.69, 9.17) is 4.74 Å². The number of anilines is 1. The Bertz CT molecular complexity index is 619. The van der Waals surface area contributed by atoms with Gasteiger partial charge in [-0.15, -0.1) is 0 Å². The van der Waals surface area contributed by atoms with Gasteiger partial charge in [0.25, 0.3) is 5.91 Å². The molecule has 0 aliphatic carbocycles. The highest BCUT2D eigenvalue weighted by Crippen LogP contribution is 2.25. The van der Waals surface area contributed by atoms with Crippen LogP contribution in [0.25, 0.3) is 0 Å². The molecule has 2 rings (SSSR count). The van der Waals surface area contributed by atoms with E-state index in [1.807, 2.05) is 0 Å². The smallest absolute Gasteiger partial charge is 0.259 e. The van der Waals surface area contributed by atoms with E-state index in [9.17, 15) is 9.18 Å². The molecule has 0 aliphatic heterocycles. The molecule has 19 heavy (non-hydrogen) atoms. The summed E-state index contributed by atoms with van der Waals surface area (Å²) in [5.74, 6) is -0.365. The minimum atomic E-state index is -0.383. The Morgan fingerprint density at radius 2 is 2.21 bits per heavy atom. The lowest BCUT2D eigenvalue weighted by molar-refractivity contribution is 0.102. The van der Waals surface area contributed by atoms with Crippen LogP contribution in [-0.2, 0) is 0 Å². The van der Waals surface area contributed by atoms with Crippen LogP contribution in [0, 0.1) is 5.82 Å². The van der Waals surface area contributed by atoms with E-state index in [0.717, 1.165) is 0 Å². The van der Waals surface area contributed by atoms with Crippen molar-refractivity contribution < 1.29 is 13.9 Å². The minimum Gasteiger partial charge on any atom is -0.494 e. The highest BCUT2D eigenvalue weighted by Gasteiger charge is 2.13. The number of methoxy groups -OCH3 is 1. The average molecular weight is 325 g/mol. The van der Waals surface area contributed by atoms with E-state index >= 15 is 0 Å². The van der Waals surface area contributed by atoms with Gasteiger partial charge in [-0.3, -0.25) is 9.78 Å². The fourth-order valence-electron chi connectivity index (χ4n) is 1.51. The number of ether oxygens (including phenoxy) is 1. The van der Waals surface area contributed by atoms with E-state index < -0.39 is 0 Å². The molecule has 1 aromatic carbocycles. The van der Waals surface area contributed by atoms with E-state index in [1.54, 1.807) is 6.07 Å². The third kappa shape index (κ3) is 3.08. The predicted molar refractivity (Wildman–Crippen MR) is 72.8 cm³/mol. The quantitative estimate of drug-likeness (QED) is 0.942. The molecule has 0 spiro atoms. The number of nitrogens with one attached hydrogen (secondary N) is 1. The molecule has 0 unspecified atom stereocenters. The fourth-order valence-corrected chi connectivity index (χ4v) is 1.96. The van der Waals surface area contributed by atoms with Gasteiger partial charge in [0.1, 0.15) is 11.6 Å². The number of hydrogen-bond donors (Lipinski definition) is 1. The van der Waals surface area contributed by atoms with Gasteiger partial charge in [0, 0.05) is 10.7 Å². The molecule has 0 saturated heterocycles. The molecule has 6 heteroatoms. The number of halogens is 2. The van der Waals surface area contributed by atoms with Crippen molar-refractivity contribution in [1.29, 1.82) is 0 Å². The number of pyridine rings is 1. The maximum absolute atomic E-state index is 13.0. The van der Waals surface area contributed by atoms with Crippen molar-refractivity contribution >= 4 is 27.5 Å². The Morgan fingerprint density at radius 3 is 2.89 bits per heavy atom. The second kappa shape index (κ2) is 5.79. The topological polar surface area (TPSA) is 51.2 Å². The number of carbonyl (C=O) groups excluding carboxylic acids is 1. The fraction of sp³-hybridized carbons (Fsp3) is 0.0769. The number of amides is 1. The van der Waals surface area contributed by atoms with Crippen LogP contribution in [0.1, 0.15) is 10.4 Å². The molecule has 0 atom stereocenters. The molecule has 2 aromatic rings. The molecule has 0 saturated carbocycles. The zero-order valence-corrected chi connectivity index (χ0v) is 11.6. The maximum Gasteiger partial charge on any atom is 0.259 e. The number of aromatic nitrogens is 1. The standard InChI is InChI=1S/C13H10BrFN2O2/c1-19-12-7-16-5-4-9(12)13(18)17-11-3-2-8(15)6-10(11)14/h2-7H,1H3,(H,17,18). The minimum absolute atomic E-state index is 0.355. The van der Waals surface area contributed by atoms with Crippen LogP contribution in [0.15, 0.2) is 41.1 Å². The van der Waals surface area contributed by atoms with Crippen molar-refractivity contribution in [3.8, 4) is 5.75 Å². The summed E-state index contributed by atoms with van der Waals surface area (Å²) < 4.78 is 18.5. The maximum atomic E-state index is 13.0. The van der Waals surface area contributed by atoms with Crippen molar-refractivity contribution in [2.45, 2.75) is 0 Å². The van der Waals surface area contributed by atoms with Crippen LogP contribution in [0.5, 0.6) is 5.75 Å². The summed E-state index contributed by atoms with van der Waals surface area (Å²) in [6.07, 6.45) is 2.95. The molecule has 98 valence electrons. The molecule has 1 aromatic heterocycles. The Kier molecular flexibility index (Phi) is 4.11. The van der Waals surface area contributed by atoms with Gasteiger partial charge in [0.15, 0.2) is 0 Å². The summed E-state index contributed by atoms with van der Waals surface area (Å²) in [6.45, 7) is 0. The van der Waals surface area contributed by atoms with Crippen LogP contribution in [-0.4, -0.2) is 18.0 Å². The number of nitrogens with zero attached hydrogens (tertiary/aromatic N) is 1. The van der Waals surface area contributed by atoms with Crippen LogP contribution >= 0.6 is 15.9 Å². The van der Waals surface area contributed by atoms with E-state index in [0.29, 0.717) is 21.5 Å². The third-order valence-corrected chi connectivity index (χ3v) is 3.08. The normalized spacial score (nSPS) is 10.1. The molecular formula is C13H10BrFN2O2. The summed E-state index contributed by atoms with van der Waals surface area (Å²) >= 11 is 3.19. The second-order valence-electron chi connectivity index (χ2n) is 3.65. The van der Waals surface area contributed by atoms with Crippen LogP contribution in [0.2, 0.25) is 0 Å². The second-order valence-corrected chi connectivity index (χ2v) is 4.51. The largest absolute Gasteiger partial charge is 0.494 e. The van der Waals surface area contributed by atoms with Gasteiger partial charge in [-0.05, 0) is 40.2 Å². The van der Waals surface area contributed by atoms with Gasteiger partial charge in [0.05, 0.1) is 24.6 Å². The zero-order chi connectivity index (χ0) is 13.8. The summed E-state index contributed by atoms with van der Waals surface area (Å²) in [6, 6.07) is 5.57. The first kappa shape index (κ1) is 13.5. The van der Waals surface area contributed by atoms with Gasteiger partial charge >= 0.3 is 0 Å². The van der Waals surface area contributed by atoms with Gasteiger partial charge in [-0.25, -0.2) is 4.39 Å². The highest BCUT2D eigenvalue weighted by atomic mass is 79.9. The Balaban J connectivity index is 2.26. The number of benzene rings is 1. The summed E-state index contributed by atoms with van der Waals surface area (Å²) in [5, 5.41) is 2.67.